The lowest BCUT2D eigenvalue weighted by Crippen LogP contribution is -2.01. The summed E-state index contributed by atoms with van der Waals surface area (Å²) in [5.74, 6) is -0.539. The summed E-state index contributed by atoms with van der Waals surface area (Å²) in [6.45, 7) is 0. The molecule has 0 atom stereocenters. The van der Waals surface area contributed by atoms with E-state index in [0.717, 1.165) is 22.1 Å². The number of methoxy groups -OCH3 is 1. The number of aromatic nitrogens is 2. The quantitative estimate of drug-likeness (QED) is 0.227. The van der Waals surface area contributed by atoms with Crippen molar-refractivity contribution < 1.29 is 14.3 Å². The molecule has 30 heavy (non-hydrogen) atoms. The number of rotatable bonds is 5. The molecule has 4 aromatic rings. The van der Waals surface area contributed by atoms with Crippen LogP contribution in [0.25, 0.3) is 28.2 Å². The van der Waals surface area contributed by atoms with Gasteiger partial charge in [-0.25, -0.2) is 9.78 Å². The molecule has 0 saturated carbocycles. The summed E-state index contributed by atoms with van der Waals surface area (Å²) in [5, 5.41) is 0.732. The van der Waals surface area contributed by atoms with Crippen molar-refractivity contribution in [2.24, 2.45) is 0 Å². The molecule has 148 valence electrons. The number of hydrogen-bond acceptors (Lipinski definition) is 5. The molecule has 0 unspecified atom stereocenters. The lowest BCUT2D eigenvalue weighted by molar-refractivity contribution is -0.134. The normalized spacial score (nSPS) is 11.1. The molecule has 2 aromatic carbocycles. The van der Waals surface area contributed by atoms with Gasteiger partial charge in [-0.05, 0) is 41.5 Å². The summed E-state index contributed by atoms with van der Waals surface area (Å²) in [7, 11) is 1.34. The van der Waals surface area contributed by atoms with E-state index in [0.29, 0.717) is 22.5 Å². The number of carbonyl (C=O) groups excluding carboxylic acids is 2. The molecular weight excluding hydrogens is 378 g/mol. The first-order valence-corrected chi connectivity index (χ1v) is 9.29. The Labute approximate surface area is 173 Å². The predicted octanol–water partition coefficient (Wildman–Crippen LogP) is 4.23. The maximum Gasteiger partial charge on any atom is 0.330 e. The average molecular weight is 397 g/mol. The SMILES string of the molecule is COC(=O)/C=C/c1cccc(-c2cnc3[nH]cc(C(=O)c4cccc(N)c4)c3c2)c1. The van der Waals surface area contributed by atoms with Gasteiger partial charge >= 0.3 is 5.97 Å². The van der Waals surface area contributed by atoms with E-state index in [1.165, 1.54) is 13.2 Å². The predicted molar refractivity (Wildman–Crippen MR) is 117 cm³/mol. The van der Waals surface area contributed by atoms with Crippen molar-refractivity contribution in [1.29, 1.82) is 0 Å². The summed E-state index contributed by atoms with van der Waals surface area (Å²) in [6.07, 6.45) is 6.47. The standard InChI is InChI=1S/C24H19N3O3/c1-30-22(28)9-8-15-4-2-5-16(10-15)18-12-20-21(14-27-24(20)26-13-18)23(29)17-6-3-7-19(25)11-17/h2-14H,25H2,1H3,(H,26,27)/b9-8+. The van der Waals surface area contributed by atoms with Crippen molar-refractivity contribution >= 4 is 34.5 Å². The Balaban J connectivity index is 1.72. The maximum absolute atomic E-state index is 13.0. The number of fused-ring (bicyclic) bond motifs is 1. The lowest BCUT2D eigenvalue weighted by atomic mass is 10.00. The van der Waals surface area contributed by atoms with Gasteiger partial charge in [0.1, 0.15) is 5.65 Å². The molecule has 0 spiro atoms. The van der Waals surface area contributed by atoms with E-state index in [1.54, 1.807) is 42.7 Å². The van der Waals surface area contributed by atoms with Crippen LogP contribution in [0.1, 0.15) is 21.5 Å². The summed E-state index contributed by atoms with van der Waals surface area (Å²) in [6, 6.07) is 16.5. The van der Waals surface area contributed by atoms with Gasteiger partial charge in [0.15, 0.2) is 5.78 Å². The summed E-state index contributed by atoms with van der Waals surface area (Å²) in [4.78, 5) is 31.9. The number of nitrogens with zero attached hydrogens (tertiary/aromatic N) is 1. The zero-order valence-corrected chi connectivity index (χ0v) is 16.3. The third-order valence-corrected chi connectivity index (χ3v) is 4.76. The number of ketones is 1. The van der Waals surface area contributed by atoms with Crippen LogP contribution in [0.15, 0.2) is 73.1 Å². The van der Waals surface area contributed by atoms with Crippen molar-refractivity contribution in [3.8, 4) is 11.1 Å². The van der Waals surface area contributed by atoms with Gasteiger partial charge in [0.25, 0.3) is 0 Å². The van der Waals surface area contributed by atoms with Crippen molar-refractivity contribution in [2.75, 3.05) is 12.8 Å². The van der Waals surface area contributed by atoms with Gasteiger partial charge in [0.2, 0.25) is 0 Å². The Morgan fingerprint density at radius 2 is 1.90 bits per heavy atom. The topological polar surface area (TPSA) is 98.1 Å². The summed E-state index contributed by atoms with van der Waals surface area (Å²) >= 11 is 0. The Kier molecular flexibility index (Phi) is 5.13. The van der Waals surface area contributed by atoms with Crippen LogP contribution in [-0.4, -0.2) is 28.8 Å². The molecule has 0 radical (unpaired) electrons. The van der Waals surface area contributed by atoms with Gasteiger partial charge in [-0.1, -0.05) is 30.3 Å². The number of H-pyrrole nitrogens is 1. The van der Waals surface area contributed by atoms with Gasteiger partial charge in [-0.3, -0.25) is 4.79 Å². The van der Waals surface area contributed by atoms with E-state index in [2.05, 4.69) is 14.7 Å². The zero-order valence-electron chi connectivity index (χ0n) is 16.3. The van der Waals surface area contributed by atoms with Crippen molar-refractivity contribution in [2.45, 2.75) is 0 Å². The van der Waals surface area contributed by atoms with Gasteiger partial charge < -0.3 is 15.5 Å². The lowest BCUT2D eigenvalue weighted by Gasteiger charge is -2.05. The number of esters is 1. The molecule has 3 N–H and O–H groups in total. The van der Waals surface area contributed by atoms with Gasteiger partial charge in [0, 0.05) is 46.2 Å². The molecule has 0 bridgehead atoms. The first kappa shape index (κ1) is 19.1. The van der Waals surface area contributed by atoms with Gasteiger partial charge in [0.05, 0.1) is 7.11 Å². The molecule has 0 saturated heterocycles. The monoisotopic (exact) mass is 397 g/mol. The molecule has 0 aliphatic carbocycles. The molecule has 6 heteroatoms. The molecule has 2 aromatic heterocycles. The number of carbonyl (C=O) groups is 2. The van der Waals surface area contributed by atoms with E-state index in [-0.39, 0.29) is 5.78 Å². The fourth-order valence-electron chi connectivity index (χ4n) is 3.24. The zero-order chi connectivity index (χ0) is 21.1. The minimum absolute atomic E-state index is 0.123. The van der Waals surface area contributed by atoms with Crippen LogP contribution >= 0.6 is 0 Å². The molecule has 2 heterocycles. The fraction of sp³-hybridized carbons (Fsp3) is 0.0417. The smallest absolute Gasteiger partial charge is 0.330 e. The summed E-state index contributed by atoms with van der Waals surface area (Å²) in [5.41, 5.74) is 10.7. The number of nitrogen functional groups attached to an aromatic ring is 1. The minimum atomic E-state index is -0.416. The molecule has 0 amide bonds. The highest BCUT2D eigenvalue weighted by atomic mass is 16.5. The third kappa shape index (κ3) is 3.84. The van der Waals surface area contributed by atoms with Crippen LogP contribution in [0.2, 0.25) is 0 Å². The highest BCUT2D eigenvalue weighted by Gasteiger charge is 2.16. The minimum Gasteiger partial charge on any atom is -0.466 e. The van der Waals surface area contributed by atoms with Gasteiger partial charge in [-0.2, -0.15) is 0 Å². The van der Waals surface area contributed by atoms with Crippen LogP contribution in [0.5, 0.6) is 0 Å². The molecule has 6 nitrogen and oxygen atoms in total. The van der Waals surface area contributed by atoms with E-state index in [9.17, 15) is 9.59 Å². The van der Waals surface area contributed by atoms with Crippen LogP contribution in [-0.2, 0) is 9.53 Å². The second-order valence-corrected chi connectivity index (χ2v) is 6.76. The number of hydrogen-bond donors (Lipinski definition) is 2. The van der Waals surface area contributed by atoms with E-state index < -0.39 is 5.97 Å². The first-order valence-electron chi connectivity index (χ1n) is 9.29. The highest BCUT2D eigenvalue weighted by Crippen LogP contribution is 2.27. The Morgan fingerprint density at radius 1 is 1.07 bits per heavy atom. The highest BCUT2D eigenvalue weighted by molar-refractivity contribution is 6.16. The Morgan fingerprint density at radius 3 is 2.70 bits per heavy atom. The third-order valence-electron chi connectivity index (χ3n) is 4.76. The number of ether oxygens (including phenoxy) is 1. The van der Waals surface area contributed by atoms with Crippen LogP contribution < -0.4 is 5.73 Å². The second-order valence-electron chi connectivity index (χ2n) is 6.76. The van der Waals surface area contributed by atoms with Crippen molar-refractivity contribution in [3.05, 3.63) is 89.8 Å². The molecular formula is C24H19N3O3. The maximum atomic E-state index is 13.0. The number of benzene rings is 2. The van der Waals surface area contributed by atoms with Crippen molar-refractivity contribution in [3.63, 3.8) is 0 Å². The first-order chi connectivity index (χ1) is 14.5. The number of nitrogens with two attached hydrogens (primary N) is 1. The van der Waals surface area contributed by atoms with E-state index >= 15 is 0 Å². The average Bonchev–Trinajstić information content (AvgIpc) is 3.20. The van der Waals surface area contributed by atoms with Crippen LogP contribution in [0, 0.1) is 0 Å². The molecule has 0 aliphatic rings. The second kappa shape index (κ2) is 8.05. The Hall–Kier alpha value is -4.19. The molecule has 0 aliphatic heterocycles. The number of pyridine rings is 1. The van der Waals surface area contributed by atoms with Crippen molar-refractivity contribution in [1.82, 2.24) is 9.97 Å². The molecule has 0 fully saturated rings. The van der Waals surface area contributed by atoms with Gasteiger partial charge in [-0.15, -0.1) is 0 Å². The largest absolute Gasteiger partial charge is 0.466 e. The number of anilines is 1. The Bertz CT molecular complexity index is 1290. The fourth-order valence-corrected chi connectivity index (χ4v) is 3.24. The summed E-state index contributed by atoms with van der Waals surface area (Å²) < 4.78 is 4.63. The number of aromatic amines is 1. The van der Waals surface area contributed by atoms with E-state index in [4.69, 9.17) is 5.73 Å². The van der Waals surface area contributed by atoms with Crippen LogP contribution in [0.4, 0.5) is 5.69 Å². The molecule has 4 rings (SSSR count). The van der Waals surface area contributed by atoms with Crippen LogP contribution in [0.3, 0.4) is 0 Å². The van der Waals surface area contributed by atoms with E-state index in [1.807, 2.05) is 30.3 Å². The number of nitrogens with one attached hydrogen (secondary N) is 1.